The largest absolute Gasteiger partial charge is 0.389 e. The molecule has 0 fully saturated rings. The third kappa shape index (κ3) is 12.0. The van der Waals surface area contributed by atoms with Gasteiger partial charge in [-0.2, -0.15) is 0 Å². The Morgan fingerprint density at radius 1 is 0.947 bits per heavy atom. The second-order valence-electron chi connectivity index (χ2n) is 5.78. The van der Waals surface area contributed by atoms with Gasteiger partial charge >= 0.3 is 0 Å². The predicted octanol–water partition coefficient (Wildman–Crippen LogP) is 5.57. The van der Waals surface area contributed by atoms with Crippen LogP contribution in [0.2, 0.25) is 0 Å². The second-order valence-corrected chi connectivity index (χ2v) is 5.78. The minimum atomic E-state index is -0.257. The van der Waals surface area contributed by atoms with Crippen LogP contribution in [0.5, 0.6) is 0 Å². The Hall–Kier alpha value is -0.820. The van der Waals surface area contributed by atoms with E-state index in [1.165, 1.54) is 16.7 Å². The summed E-state index contributed by atoms with van der Waals surface area (Å²) in [4.78, 5) is 0. The molecular formula is C18H32O. The van der Waals surface area contributed by atoms with Gasteiger partial charge in [-0.3, -0.25) is 0 Å². The van der Waals surface area contributed by atoms with E-state index in [-0.39, 0.29) is 6.10 Å². The monoisotopic (exact) mass is 264 g/mol. The fraction of sp³-hybridized carbons (Fsp3) is 0.667. The third-order valence-corrected chi connectivity index (χ3v) is 3.18. The highest BCUT2D eigenvalue weighted by Gasteiger charge is 1.98. The molecular weight excluding hydrogens is 232 g/mol. The predicted molar refractivity (Wildman–Crippen MR) is 86.3 cm³/mol. The van der Waals surface area contributed by atoms with Crippen LogP contribution in [0.4, 0.5) is 0 Å². The highest BCUT2D eigenvalue weighted by atomic mass is 16.3. The number of aliphatic hydroxyl groups excluding tert-OH is 1. The summed E-state index contributed by atoms with van der Waals surface area (Å²) in [5.74, 6) is 0. The molecule has 0 saturated heterocycles. The zero-order chi connectivity index (χ0) is 14.7. The van der Waals surface area contributed by atoms with E-state index in [0.717, 1.165) is 38.5 Å². The van der Waals surface area contributed by atoms with Crippen LogP contribution in [0.25, 0.3) is 0 Å². The van der Waals surface area contributed by atoms with E-state index in [4.69, 9.17) is 0 Å². The average molecular weight is 264 g/mol. The summed E-state index contributed by atoms with van der Waals surface area (Å²) in [7, 11) is 0. The van der Waals surface area contributed by atoms with Crippen molar-refractivity contribution in [1.29, 1.82) is 0 Å². The Balaban J connectivity index is 3.96. The highest BCUT2D eigenvalue weighted by molar-refractivity contribution is 5.06. The van der Waals surface area contributed by atoms with Crippen molar-refractivity contribution in [3.63, 3.8) is 0 Å². The quantitative estimate of drug-likeness (QED) is 0.540. The lowest BCUT2D eigenvalue weighted by atomic mass is 10.0. The Kier molecular flexibility index (Phi) is 10.6. The molecule has 1 nitrogen and oxygen atoms in total. The van der Waals surface area contributed by atoms with Gasteiger partial charge in [-0.25, -0.2) is 0 Å². The Labute approximate surface area is 120 Å². The molecule has 0 bridgehead atoms. The first-order chi connectivity index (χ1) is 8.95. The number of rotatable bonds is 9. The van der Waals surface area contributed by atoms with Crippen LogP contribution in [0.1, 0.15) is 73.1 Å². The van der Waals surface area contributed by atoms with Crippen molar-refractivity contribution in [2.75, 3.05) is 0 Å². The standard InChI is InChI=1S/C18H32O/c1-6-9-18(19)14-17(5)13-8-12-16(4)11-7-10-15(2)3/h10,12,14,18-19H,6-9,11,13H2,1-5H3/b16-12+,17-14+/t18-/m0/s1. The van der Waals surface area contributed by atoms with Crippen molar-refractivity contribution >= 4 is 0 Å². The molecule has 110 valence electrons. The maximum atomic E-state index is 9.70. The molecule has 0 unspecified atom stereocenters. The first kappa shape index (κ1) is 18.2. The summed E-state index contributed by atoms with van der Waals surface area (Å²) < 4.78 is 0. The van der Waals surface area contributed by atoms with E-state index in [1.807, 2.05) is 6.08 Å². The van der Waals surface area contributed by atoms with Crippen LogP contribution in [0.3, 0.4) is 0 Å². The summed E-state index contributed by atoms with van der Waals surface area (Å²) in [6.45, 7) is 10.7. The third-order valence-electron chi connectivity index (χ3n) is 3.18. The first-order valence-corrected chi connectivity index (χ1v) is 7.60. The van der Waals surface area contributed by atoms with E-state index in [0.29, 0.717) is 0 Å². The molecule has 0 aromatic heterocycles. The molecule has 0 aromatic rings. The maximum Gasteiger partial charge on any atom is 0.0723 e. The van der Waals surface area contributed by atoms with E-state index in [9.17, 15) is 5.11 Å². The van der Waals surface area contributed by atoms with Crippen LogP contribution in [0, 0.1) is 0 Å². The van der Waals surface area contributed by atoms with E-state index in [2.05, 4.69) is 46.8 Å². The molecule has 0 amide bonds. The van der Waals surface area contributed by atoms with Crippen molar-refractivity contribution in [2.24, 2.45) is 0 Å². The zero-order valence-corrected chi connectivity index (χ0v) is 13.5. The van der Waals surface area contributed by atoms with Crippen molar-refractivity contribution in [3.8, 4) is 0 Å². The fourth-order valence-electron chi connectivity index (χ4n) is 2.03. The SMILES string of the molecule is CCC[C@H](O)/C=C(\C)CC/C=C(\C)CCC=C(C)C. The molecule has 1 heteroatoms. The molecule has 0 aliphatic rings. The molecule has 0 rings (SSSR count). The van der Waals surface area contributed by atoms with Crippen molar-refractivity contribution in [1.82, 2.24) is 0 Å². The minimum Gasteiger partial charge on any atom is -0.389 e. The van der Waals surface area contributed by atoms with Gasteiger partial charge in [0.25, 0.3) is 0 Å². The normalized spacial score (nSPS) is 14.4. The molecule has 0 spiro atoms. The van der Waals surface area contributed by atoms with Gasteiger partial charge in [-0.1, -0.05) is 48.3 Å². The van der Waals surface area contributed by atoms with Crippen LogP contribution in [-0.4, -0.2) is 11.2 Å². The van der Waals surface area contributed by atoms with Gasteiger partial charge in [0.05, 0.1) is 6.10 Å². The molecule has 0 aliphatic carbocycles. The van der Waals surface area contributed by atoms with Crippen molar-refractivity contribution < 1.29 is 5.11 Å². The van der Waals surface area contributed by atoms with Gasteiger partial charge in [0.2, 0.25) is 0 Å². The van der Waals surface area contributed by atoms with Gasteiger partial charge in [0, 0.05) is 0 Å². The lowest BCUT2D eigenvalue weighted by Gasteiger charge is -2.06. The smallest absolute Gasteiger partial charge is 0.0723 e. The first-order valence-electron chi connectivity index (χ1n) is 7.60. The summed E-state index contributed by atoms with van der Waals surface area (Å²) >= 11 is 0. The van der Waals surface area contributed by atoms with Gasteiger partial charge in [-0.15, -0.1) is 0 Å². The fourth-order valence-corrected chi connectivity index (χ4v) is 2.03. The summed E-state index contributed by atoms with van der Waals surface area (Å²) in [5, 5.41) is 9.70. The number of allylic oxidation sites excluding steroid dienone is 5. The van der Waals surface area contributed by atoms with Crippen LogP contribution in [0.15, 0.2) is 34.9 Å². The van der Waals surface area contributed by atoms with E-state index in [1.54, 1.807) is 0 Å². The number of aliphatic hydroxyl groups is 1. The lowest BCUT2D eigenvalue weighted by molar-refractivity contribution is 0.210. The van der Waals surface area contributed by atoms with E-state index < -0.39 is 0 Å². The molecule has 0 saturated carbocycles. The summed E-state index contributed by atoms with van der Waals surface area (Å²) in [6.07, 6.45) is 12.7. The van der Waals surface area contributed by atoms with E-state index >= 15 is 0 Å². The van der Waals surface area contributed by atoms with Crippen LogP contribution in [-0.2, 0) is 0 Å². The Bertz CT molecular complexity index is 317. The maximum absolute atomic E-state index is 9.70. The van der Waals surface area contributed by atoms with Crippen molar-refractivity contribution in [3.05, 3.63) is 34.9 Å². The van der Waals surface area contributed by atoms with Gasteiger partial charge in [0.1, 0.15) is 0 Å². The van der Waals surface area contributed by atoms with Crippen LogP contribution < -0.4 is 0 Å². The van der Waals surface area contributed by atoms with Gasteiger partial charge in [0.15, 0.2) is 0 Å². The Morgan fingerprint density at radius 2 is 1.53 bits per heavy atom. The minimum absolute atomic E-state index is 0.257. The van der Waals surface area contributed by atoms with Crippen LogP contribution >= 0.6 is 0 Å². The van der Waals surface area contributed by atoms with Gasteiger partial charge < -0.3 is 5.11 Å². The molecule has 0 aliphatic heterocycles. The zero-order valence-electron chi connectivity index (χ0n) is 13.5. The topological polar surface area (TPSA) is 20.2 Å². The second kappa shape index (κ2) is 11.0. The van der Waals surface area contributed by atoms with Gasteiger partial charge in [-0.05, 0) is 59.8 Å². The molecule has 19 heavy (non-hydrogen) atoms. The summed E-state index contributed by atoms with van der Waals surface area (Å²) in [6, 6.07) is 0. The summed E-state index contributed by atoms with van der Waals surface area (Å²) in [5.41, 5.74) is 4.17. The lowest BCUT2D eigenvalue weighted by Crippen LogP contribution is -2.01. The van der Waals surface area contributed by atoms with Crippen molar-refractivity contribution in [2.45, 2.75) is 79.2 Å². The Morgan fingerprint density at radius 3 is 2.11 bits per heavy atom. The highest BCUT2D eigenvalue weighted by Crippen LogP contribution is 2.12. The number of hydrogen-bond acceptors (Lipinski definition) is 1. The molecule has 1 atom stereocenters. The molecule has 0 aromatic carbocycles. The molecule has 0 heterocycles. The molecule has 0 radical (unpaired) electrons. The molecule has 1 N–H and O–H groups in total. The number of hydrogen-bond donors (Lipinski definition) is 1. The average Bonchev–Trinajstić information content (AvgIpc) is 2.28.